The lowest BCUT2D eigenvalue weighted by atomic mass is 10.1. The van der Waals surface area contributed by atoms with Gasteiger partial charge in [-0.25, -0.2) is 0 Å². The van der Waals surface area contributed by atoms with Crippen LogP contribution in [-0.4, -0.2) is 35.6 Å². The number of carbonyl (C=O) groups is 1. The van der Waals surface area contributed by atoms with Crippen molar-refractivity contribution in [3.63, 3.8) is 0 Å². The van der Waals surface area contributed by atoms with Crippen molar-refractivity contribution in [1.29, 1.82) is 0 Å². The zero-order valence-electron chi connectivity index (χ0n) is 18.7. The van der Waals surface area contributed by atoms with E-state index < -0.39 is 5.97 Å². The molecule has 0 aromatic rings. The molecule has 0 spiro atoms. The van der Waals surface area contributed by atoms with E-state index in [1.165, 1.54) is 103 Å². The monoisotopic (exact) mass is 383 g/mol. The van der Waals surface area contributed by atoms with Gasteiger partial charge in [-0.3, -0.25) is 4.79 Å². The van der Waals surface area contributed by atoms with E-state index in [4.69, 9.17) is 5.11 Å². The minimum atomic E-state index is -0.658. The Morgan fingerprint density at radius 1 is 0.556 bits per heavy atom. The third kappa shape index (κ3) is 21.6. The minimum absolute atomic E-state index is 0.311. The van der Waals surface area contributed by atoms with Crippen LogP contribution in [0.25, 0.3) is 0 Å². The predicted molar refractivity (Wildman–Crippen MR) is 119 cm³/mol. The van der Waals surface area contributed by atoms with Gasteiger partial charge in [0, 0.05) is 6.42 Å². The van der Waals surface area contributed by atoms with Crippen molar-refractivity contribution in [3.8, 4) is 0 Å². The lowest BCUT2D eigenvalue weighted by molar-refractivity contribution is -0.137. The second kappa shape index (κ2) is 21.7. The van der Waals surface area contributed by atoms with Gasteiger partial charge in [0.2, 0.25) is 0 Å². The molecular formula is C24H49NO2. The Morgan fingerprint density at radius 2 is 0.889 bits per heavy atom. The van der Waals surface area contributed by atoms with Crippen molar-refractivity contribution in [1.82, 2.24) is 4.90 Å². The molecule has 0 amide bonds. The van der Waals surface area contributed by atoms with Crippen molar-refractivity contribution in [2.75, 3.05) is 19.6 Å². The fourth-order valence-corrected chi connectivity index (χ4v) is 3.73. The van der Waals surface area contributed by atoms with Crippen LogP contribution >= 0.6 is 0 Å². The fourth-order valence-electron chi connectivity index (χ4n) is 3.73. The summed E-state index contributed by atoms with van der Waals surface area (Å²) in [7, 11) is 0. The first-order valence-electron chi connectivity index (χ1n) is 12.1. The maximum Gasteiger partial charge on any atom is 0.303 e. The van der Waals surface area contributed by atoms with E-state index in [0.717, 1.165) is 26.1 Å². The van der Waals surface area contributed by atoms with Crippen LogP contribution < -0.4 is 0 Å². The Balaban J connectivity index is 3.75. The Kier molecular flexibility index (Phi) is 21.3. The Bertz CT molecular complexity index is 287. The van der Waals surface area contributed by atoms with Crippen LogP contribution in [0.1, 0.15) is 129 Å². The average Bonchev–Trinajstić information content (AvgIpc) is 2.65. The minimum Gasteiger partial charge on any atom is -0.481 e. The highest BCUT2D eigenvalue weighted by Crippen LogP contribution is 2.11. The number of carboxylic acids is 1. The second-order valence-corrected chi connectivity index (χ2v) is 8.29. The van der Waals surface area contributed by atoms with Crippen LogP contribution in [0.2, 0.25) is 0 Å². The maximum absolute atomic E-state index is 10.8. The van der Waals surface area contributed by atoms with Gasteiger partial charge in [0.15, 0.2) is 0 Å². The number of nitrogens with zero attached hydrogens (tertiary/aromatic N) is 1. The molecule has 0 saturated heterocycles. The summed E-state index contributed by atoms with van der Waals surface area (Å²) >= 11 is 0. The molecule has 0 fully saturated rings. The summed E-state index contributed by atoms with van der Waals surface area (Å²) < 4.78 is 0. The summed E-state index contributed by atoms with van der Waals surface area (Å²) in [6.45, 7) is 7.81. The number of hydrogen-bond acceptors (Lipinski definition) is 2. The molecule has 0 aliphatic carbocycles. The first-order valence-corrected chi connectivity index (χ1v) is 12.1. The van der Waals surface area contributed by atoms with E-state index >= 15 is 0 Å². The lowest BCUT2D eigenvalue weighted by Gasteiger charge is -2.22. The van der Waals surface area contributed by atoms with E-state index in [1.807, 2.05) is 0 Å². The molecule has 3 nitrogen and oxygen atoms in total. The zero-order valence-corrected chi connectivity index (χ0v) is 18.7. The molecule has 0 aliphatic heterocycles. The van der Waals surface area contributed by atoms with Gasteiger partial charge in [-0.15, -0.1) is 0 Å². The van der Waals surface area contributed by atoms with E-state index in [1.54, 1.807) is 0 Å². The van der Waals surface area contributed by atoms with E-state index in [9.17, 15) is 4.79 Å². The van der Waals surface area contributed by atoms with Gasteiger partial charge < -0.3 is 10.0 Å². The second-order valence-electron chi connectivity index (χ2n) is 8.29. The van der Waals surface area contributed by atoms with Crippen LogP contribution in [0.5, 0.6) is 0 Å². The summed E-state index contributed by atoms with van der Waals surface area (Å²) in [6, 6.07) is 0. The average molecular weight is 384 g/mol. The number of aliphatic carboxylic acids is 1. The number of unbranched alkanes of at least 4 members (excludes halogenated alkanes) is 14. The first kappa shape index (κ1) is 26.4. The molecule has 1 N–H and O–H groups in total. The molecular weight excluding hydrogens is 334 g/mol. The fraction of sp³-hybridized carbons (Fsp3) is 0.958. The molecule has 0 unspecified atom stereocenters. The molecule has 27 heavy (non-hydrogen) atoms. The standard InChI is InChI=1S/C24H49NO2/c1-3-5-7-9-11-13-15-17-21-25(23-19-20-24(26)27)22-18-16-14-12-10-8-6-4-2/h3-23H2,1-2H3,(H,26,27). The predicted octanol–water partition coefficient (Wildman–Crippen LogP) is 7.43. The maximum atomic E-state index is 10.8. The van der Waals surface area contributed by atoms with E-state index in [2.05, 4.69) is 18.7 Å². The van der Waals surface area contributed by atoms with Gasteiger partial charge in [0.05, 0.1) is 0 Å². The topological polar surface area (TPSA) is 40.5 Å². The third-order valence-corrected chi connectivity index (χ3v) is 5.52. The van der Waals surface area contributed by atoms with Crippen LogP contribution in [-0.2, 0) is 4.79 Å². The molecule has 0 aliphatic rings. The molecule has 3 heteroatoms. The Hall–Kier alpha value is -0.570. The smallest absolute Gasteiger partial charge is 0.303 e. The van der Waals surface area contributed by atoms with Gasteiger partial charge in [0.1, 0.15) is 0 Å². The van der Waals surface area contributed by atoms with Crippen molar-refractivity contribution in [2.45, 2.75) is 129 Å². The highest BCUT2D eigenvalue weighted by atomic mass is 16.4. The van der Waals surface area contributed by atoms with Gasteiger partial charge in [0.25, 0.3) is 0 Å². The SMILES string of the molecule is CCCCCCCCCCN(CCCCCCCCCC)CCCC(=O)O. The first-order chi connectivity index (χ1) is 13.2. The van der Waals surface area contributed by atoms with Crippen LogP contribution in [0.15, 0.2) is 0 Å². The number of hydrogen-bond donors (Lipinski definition) is 1. The quantitative estimate of drug-likeness (QED) is 0.197. The molecule has 0 rings (SSSR count). The summed E-state index contributed by atoms with van der Waals surface area (Å²) in [5.74, 6) is -0.658. The van der Waals surface area contributed by atoms with E-state index in [0.29, 0.717) is 6.42 Å². The molecule has 0 radical (unpaired) electrons. The van der Waals surface area contributed by atoms with E-state index in [-0.39, 0.29) is 0 Å². The summed E-state index contributed by atoms with van der Waals surface area (Å²) in [5.41, 5.74) is 0. The lowest BCUT2D eigenvalue weighted by Crippen LogP contribution is -2.27. The number of carboxylic acid groups (broad SMARTS) is 1. The molecule has 0 aromatic heterocycles. The molecule has 0 aromatic carbocycles. The van der Waals surface area contributed by atoms with Crippen molar-refractivity contribution < 1.29 is 9.90 Å². The van der Waals surface area contributed by atoms with Crippen molar-refractivity contribution in [3.05, 3.63) is 0 Å². The van der Waals surface area contributed by atoms with Crippen molar-refractivity contribution >= 4 is 5.97 Å². The van der Waals surface area contributed by atoms with Crippen LogP contribution in [0.4, 0.5) is 0 Å². The molecule has 0 saturated carbocycles. The highest BCUT2D eigenvalue weighted by Gasteiger charge is 2.06. The van der Waals surface area contributed by atoms with Crippen LogP contribution in [0.3, 0.4) is 0 Å². The van der Waals surface area contributed by atoms with Crippen molar-refractivity contribution in [2.24, 2.45) is 0 Å². The zero-order chi connectivity index (χ0) is 20.0. The normalized spacial score (nSPS) is 11.4. The van der Waals surface area contributed by atoms with Crippen LogP contribution in [0, 0.1) is 0 Å². The van der Waals surface area contributed by atoms with Gasteiger partial charge in [-0.2, -0.15) is 0 Å². The van der Waals surface area contributed by atoms with Gasteiger partial charge in [-0.05, 0) is 38.9 Å². The summed E-state index contributed by atoms with van der Waals surface area (Å²) in [5, 5.41) is 8.88. The Morgan fingerprint density at radius 3 is 1.26 bits per heavy atom. The Labute approximate surface area is 170 Å². The summed E-state index contributed by atoms with van der Waals surface area (Å²) in [4.78, 5) is 13.3. The number of rotatable bonds is 22. The molecule has 0 atom stereocenters. The van der Waals surface area contributed by atoms with Gasteiger partial charge >= 0.3 is 5.97 Å². The molecule has 162 valence electrons. The summed E-state index contributed by atoms with van der Waals surface area (Å²) in [6.07, 6.45) is 22.8. The highest BCUT2D eigenvalue weighted by molar-refractivity contribution is 5.66. The van der Waals surface area contributed by atoms with Gasteiger partial charge in [-0.1, -0.05) is 104 Å². The molecule has 0 heterocycles. The molecule has 0 bridgehead atoms. The third-order valence-electron chi connectivity index (χ3n) is 5.52. The largest absolute Gasteiger partial charge is 0.481 e.